The molecule has 0 saturated heterocycles. The minimum absolute atomic E-state index is 0.492. The second kappa shape index (κ2) is 7.76. The number of halogens is 1. The highest BCUT2D eigenvalue weighted by molar-refractivity contribution is 6.31. The van der Waals surface area contributed by atoms with E-state index in [9.17, 15) is 0 Å². The van der Waals surface area contributed by atoms with Gasteiger partial charge in [0.05, 0.1) is 0 Å². The van der Waals surface area contributed by atoms with Gasteiger partial charge in [0.25, 0.3) is 0 Å². The average Bonchev–Trinajstić information content (AvgIpc) is 2.32. The molecule has 0 aromatic heterocycles. The molecule has 1 rings (SSSR count). The largest absolute Gasteiger partial charge is 0.369 e. The van der Waals surface area contributed by atoms with Crippen molar-refractivity contribution in [2.24, 2.45) is 5.92 Å². The molecule has 108 valence electrons. The molecule has 0 radical (unpaired) electrons. The normalized spacial score (nSPS) is 11.4. The van der Waals surface area contributed by atoms with E-state index in [1.807, 2.05) is 0 Å². The van der Waals surface area contributed by atoms with Crippen molar-refractivity contribution >= 4 is 17.3 Å². The van der Waals surface area contributed by atoms with E-state index < -0.39 is 0 Å². The Kier molecular flexibility index (Phi) is 6.67. The van der Waals surface area contributed by atoms with Crippen LogP contribution in [0.3, 0.4) is 0 Å². The first kappa shape index (κ1) is 16.3. The summed E-state index contributed by atoms with van der Waals surface area (Å²) in [5.74, 6) is 0.662. The van der Waals surface area contributed by atoms with Gasteiger partial charge >= 0.3 is 0 Å². The van der Waals surface area contributed by atoms with Crippen LogP contribution in [0.2, 0.25) is 5.02 Å². The topological polar surface area (TPSA) is 15.3 Å². The fraction of sp³-hybridized carbons (Fsp3) is 0.625. The van der Waals surface area contributed by atoms with Crippen LogP contribution in [-0.2, 0) is 6.54 Å². The van der Waals surface area contributed by atoms with E-state index in [0.29, 0.717) is 12.0 Å². The van der Waals surface area contributed by atoms with E-state index in [0.717, 1.165) is 24.7 Å². The van der Waals surface area contributed by atoms with Crippen LogP contribution in [0.4, 0.5) is 5.69 Å². The maximum atomic E-state index is 6.38. The molecule has 19 heavy (non-hydrogen) atoms. The molecule has 0 atom stereocenters. The summed E-state index contributed by atoms with van der Waals surface area (Å²) in [4.78, 5) is 2.34. The lowest BCUT2D eigenvalue weighted by molar-refractivity contribution is 0.552. The molecule has 0 amide bonds. The van der Waals surface area contributed by atoms with Crippen molar-refractivity contribution in [2.45, 2.75) is 47.2 Å². The highest BCUT2D eigenvalue weighted by atomic mass is 35.5. The van der Waals surface area contributed by atoms with Gasteiger partial charge in [-0.15, -0.1) is 0 Å². The van der Waals surface area contributed by atoms with Crippen molar-refractivity contribution in [1.82, 2.24) is 5.32 Å². The lowest BCUT2D eigenvalue weighted by atomic mass is 10.1. The molecular formula is C16H27ClN2. The summed E-state index contributed by atoms with van der Waals surface area (Å²) in [6, 6.07) is 6.88. The third kappa shape index (κ3) is 5.04. The molecule has 0 spiro atoms. The van der Waals surface area contributed by atoms with Crippen molar-refractivity contribution in [3.05, 3.63) is 28.8 Å². The Bertz CT molecular complexity index is 388. The average molecular weight is 283 g/mol. The lowest BCUT2D eigenvalue weighted by Crippen LogP contribution is -2.30. The summed E-state index contributed by atoms with van der Waals surface area (Å²) >= 11 is 6.38. The zero-order valence-electron chi connectivity index (χ0n) is 12.8. The van der Waals surface area contributed by atoms with Crippen LogP contribution in [0.5, 0.6) is 0 Å². The Labute approximate surface area is 123 Å². The van der Waals surface area contributed by atoms with Crippen molar-refractivity contribution < 1.29 is 0 Å². The number of rotatable bonds is 7. The molecule has 1 aromatic rings. The van der Waals surface area contributed by atoms with E-state index in [2.05, 4.69) is 63.0 Å². The van der Waals surface area contributed by atoms with Gasteiger partial charge < -0.3 is 10.2 Å². The predicted molar refractivity (Wildman–Crippen MR) is 86.2 cm³/mol. The zero-order valence-corrected chi connectivity index (χ0v) is 13.6. The maximum absolute atomic E-state index is 6.38. The second-order valence-corrected chi connectivity index (χ2v) is 6.09. The van der Waals surface area contributed by atoms with Gasteiger partial charge in [-0.1, -0.05) is 31.5 Å². The molecule has 0 heterocycles. The van der Waals surface area contributed by atoms with Crippen LogP contribution in [0.15, 0.2) is 18.2 Å². The number of anilines is 1. The first-order valence-corrected chi connectivity index (χ1v) is 7.59. The molecule has 0 bridgehead atoms. The third-order valence-corrected chi connectivity index (χ3v) is 3.55. The summed E-state index contributed by atoms with van der Waals surface area (Å²) in [5.41, 5.74) is 2.38. The van der Waals surface area contributed by atoms with Crippen molar-refractivity contribution in [1.29, 1.82) is 0 Å². The Balaban J connectivity index is 2.73. The summed E-state index contributed by atoms with van der Waals surface area (Å²) in [5, 5.41) is 4.28. The Morgan fingerprint density at radius 1 is 1.21 bits per heavy atom. The fourth-order valence-electron chi connectivity index (χ4n) is 2.20. The van der Waals surface area contributed by atoms with Crippen molar-refractivity contribution in [2.75, 3.05) is 18.0 Å². The van der Waals surface area contributed by atoms with E-state index in [4.69, 9.17) is 11.6 Å². The number of hydrogen-bond acceptors (Lipinski definition) is 2. The molecule has 1 N–H and O–H groups in total. The number of hydrogen-bond donors (Lipinski definition) is 1. The van der Waals surface area contributed by atoms with E-state index in [1.54, 1.807) is 0 Å². The van der Waals surface area contributed by atoms with Crippen LogP contribution in [0, 0.1) is 5.92 Å². The van der Waals surface area contributed by atoms with Gasteiger partial charge in [0.2, 0.25) is 0 Å². The maximum Gasteiger partial charge on any atom is 0.0471 e. The second-order valence-electron chi connectivity index (χ2n) is 5.68. The SMILES string of the molecule is CCN(c1ccc(CNCC(C)C)c(Cl)c1)C(C)C. The Morgan fingerprint density at radius 2 is 1.89 bits per heavy atom. The minimum atomic E-state index is 0.492. The summed E-state index contributed by atoms with van der Waals surface area (Å²) in [6.07, 6.45) is 0. The van der Waals surface area contributed by atoms with Gasteiger partial charge in [-0.25, -0.2) is 0 Å². The molecule has 0 aliphatic heterocycles. The summed E-state index contributed by atoms with van der Waals surface area (Å²) in [6.45, 7) is 13.9. The van der Waals surface area contributed by atoms with E-state index in [1.165, 1.54) is 11.3 Å². The molecule has 3 heteroatoms. The quantitative estimate of drug-likeness (QED) is 0.801. The lowest BCUT2D eigenvalue weighted by Gasteiger charge is -2.28. The van der Waals surface area contributed by atoms with E-state index in [-0.39, 0.29) is 0 Å². The van der Waals surface area contributed by atoms with Crippen LogP contribution < -0.4 is 10.2 Å². The summed E-state index contributed by atoms with van der Waals surface area (Å²) < 4.78 is 0. The number of nitrogens with zero attached hydrogens (tertiary/aromatic N) is 1. The van der Waals surface area contributed by atoms with Gasteiger partial charge in [-0.2, -0.15) is 0 Å². The first-order chi connectivity index (χ1) is 8.95. The Hall–Kier alpha value is -0.730. The van der Waals surface area contributed by atoms with Crippen LogP contribution in [-0.4, -0.2) is 19.1 Å². The molecule has 1 aromatic carbocycles. The molecule has 0 aliphatic rings. The van der Waals surface area contributed by atoms with Crippen LogP contribution in [0.1, 0.15) is 40.2 Å². The van der Waals surface area contributed by atoms with Gasteiger partial charge in [-0.05, 0) is 50.9 Å². The highest BCUT2D eigenvalue weighted by Crippen LogP contribution is 2.25. The molecule has 0 unspecified atom stereocenters. The van der Waals surface area contributed by atoms with Crippen LogP contribution >= 0.6 is 11.6 Å². The predicted octanol–water partition coefficient (Wildman–Crippen LogP) is 4.32. The molecule has 0 saturated carbocycles. The zero-order chi connectivity index (χ0) is 14.4. The molecule has 0 fully saturated rings. The first-order valence-electron chi connectivity index (χ1n) is 7.21. The fourth-order valence-corrected chi connectivity index (χ4v) is 2.44. The van der Waals surface area contributed by atoms with Crippen molar-refractivity contribution in [3.8, 4) is 0 Å². The van der Waals surface area contributed by atoms with Gasteiger partial charge in [0, 0.05) is 29.8 Å². The molecular weight excluding hydrogens is 256 g/mol. The van der Waals surface area contributed by atoms with Crippen LogP contribution in [0.25, 0.3) is 0 Å². The van der Waals surface area contributed by atoms with Gasteiger partial charge in [0.1, 0.15) is 0 Å². The Morgan fingerprint density at radius 3 is 2.37 bits per heavy atom. The monoisotopic (exact) mass is 282 g/mol. The summed E-state index contributed by atoms with van der Waals surface area (Å²) in [7, 11) is 0. The minimum Gasteiger partial charge on any atom is -0.369 e. The smallest absolute Gasteiger partial charge is 0.0471 e. The number of benzene rings is 1. The van der Waals surface area contributed by atoms with E-state index >= 15 is 0 Å². The third-order valence-electron chi connectivity index (χ3n) is 3.20. The molecule has 2 nitrogen and oxygen atoms in total. The standard InChI is InChI=1S/C16H27ClN2/c1-6-19(13(4)5)15-8-7-14(16(17)9-15)11-18-10-12(2)3/h7-9,12-13,18H,6,10-11H2,1-5H3. The van der Waals surface area contributed by atoms with Gasteiger partial charge in [-0.3, -0.25) is 0 Å². The van der Waals surface area contributed by atoms with Gasteiger partial charge in [0.15, 0.2) is 0 Å². The number of nitrogens with one attached hydrogen (secondary N) is 1. The van der Waals surface area contributed by atoms with Crippen molar-refractivity contribution in [3.63, 3.8) is 0 Å². The highest BCUT2D eigenvalue weighted by Gasteiger charge is 2.10. The molecule has 0 aliphatic carbocycles.